The Morgan fingerprint density at radius 3 is 2.61 bits per heavy atom. The van der Waals surface area contributed by atoms with Crippen LogP contribution in [0.2, 0.25) is 0 Å². The first kappa shape index (κ1) is 16.0. The highest BCUT2D eigenvalue weighted by atomic mass is 15.2. The molecule has 0 aromatic carbocycles. The van der Waals surface area contributed by atoms with Crippen LogP contribution in [0.3, 0.4) is 0 Å². The van der Waals surface area contributed by atoms with E-state index in [0.29, 0.717) is 6.04 Å². The van der Waals surface area contributed by atoms with Crippen molar-refractivity contribution < 1.29 is 0 Å². The molecule has 0 aromatic heterocycles. The molecule has 1 rings (SSSR count). The van der Waals surface area contributed by atoms with Crippen LogP contribution in [-0.2, 0) is 0 Å². The van der Waals surface area contributed by atoms with Crippen LogP contribution in [0.1, 0.15) is 66.2 Å². The van der Waals surface area contributed by atoms with Crippen molar-refractivity contribution in [2.45, 2.75) is 78.3 Å². The maximum absolute atomic E-state index is 3.70. The van der Waals surface area contributed by atoms with Gasteiger partial charge >= 0.3 is 0 Å². The monoisotopic (exact) mass is 254 g/mol. The van der Waals surface area contributed by atoms with E-state index in [1.807, 2.05) is 0 Å². The summed E-state index contributed by atoms with van der Waals surface area (Å²) in [5, 5.41) is 3.70. The van der Waals surface area contributed by atoms with Gasteiger partial charge in [-0.05, 0) is 38.8 Å². The zero-order chi connectivity index (χ0) is 13.4. The van der Waals surface area contributed by atoms with Crippen molar-refractivity contribution in [1.29, 1.82) is 0 Å². The van der Waals surface area contributed by atoms with Gasteiger partial charge in [-0.1, -0.05) is 46.5 Å². The van der Waals surface area contributed by atoms with Crippen LogP contribution >= 0.6 is 0 Å². The Bertz CT molecular complexity index is 203. The summed E-state index contributed by atoms with van der Waals surface area (Å²) in [5.74, 6) is 0.748. The van der Waals surface area contributed by atoms with Crippen molar-refractivity contribution in [3.05, 3.63) is 0 Å². The molecule has 1 saturated heterocycles. The summed E-state index contributed by atoms with van der Waals surface area (Å²) in [6, 6.07) is 1.45. The minimum atomic E-state index is 0.686. The third-order valence-corrected chi connectivity index (χ3v) is 4.36. The third-order valence-electron chi connectivity index (χ3n) is 4.36. The van der Waals surface area contributed by atoms with Crippen LogP contribution in [0.4, 0.5) is 0 Å². The highest BCUT2D eigenvalue weighted by Crippen LogP contribution is 2.15. The van der Waals surface area contributed by atoms with Crippen LogP contribution in [0, 0.1) is 5.92 Å². The number of hydrogen-bond donors (Lipinski definition) is 1. The molecule has 2 unspecified atom stereocenters. The molecule has 18 heavy (non-hydrogen) atoms. The summed E-state index contributed by atoms with van der Waals surface area (Å²) in [6.07, 6.45) is 8.26. The minimum Gasteiger partial charge on any atom is -0.312 e. The largest absolute Gasteiger partial charge is 0.312 e. The van der Waals surface area contributed by atoms with Crippen molar-refractivity contribution in [2.24, 2.45) is 5.92 Å². The Morgan fingerprint density at radius 1 is 1.17 bits per heavy atom. The minimum absolute atomic E-state index is 0.686. The quantitative estimate of drug-likeness (QED) is 0.697. The van der Waals surface area contributed by atoms with Gasteiger partial charge in [0.2, 0.25) is 0 Å². The lowest BCUT2D eigenvalue weighted by Crippen LogP contribution is -2.44. The second-order valence-electron chi connectivity index (χ2n) is 6.35. The summed E-state index contributed by atoms with van der Waals surface area (Å²) in [7, 11) is 0. The average Bonchev–Trinajstić information content (AvgIpc) is 2.60. The van der Waals surface area contributed by atoms with Crippen LogP contribution in [-0.4, -0.2) is 36.6 Å². The van der Waals surface area contributed by atoms with Gasteiger partial charge in [0, 0.05) is 18.6 Å². The molecule has 2 nitrogen and oxygen atoms in total. The fraction of sp³-hybridized carbons (Fsp3) is 1.00. The van der Waals surface area contributed by atoms with E-state index in [2.05, 4.69) is 37.9 Å². The fourth-order valence-electron chi connectivity index (χ4n) is 2.87. The maximum atomic E-state index is 3.70. The lowest BCUT2D eigenvalue weighted by atomic mass is 10.0. The van der Waals surface area contributed by atoms with Gasteiger partial charge in [-0.25, -0.2) is 0 Å². The van der Waals surface area contributed by atoms with Crippen LogP contribution in [0.15, 0.2) is 0 Å². The van der Waals surface area contributed by atoms with Crippen LogP contribution < -0.4 is 5.32 Å². The van der Waals surface area contributed by atoms with Gasteiger partial charge in [-0.15, -0.1) is 0 Å². The Labute approximate surface area is 115 Å². The van der Waals surface area contributed by atoms with Gasteiger partial charge in [-0.3, -0.25) is 4.90 Å². The molecule has 1 N–H and O–H groups in total. The van der Waals surface area contributed by atoms with Crippen LogP contribution in [0.5, 0.6) is 0 Å². The molecule has 1 fully saturated rings. The summed E-state index contributed by atoms with van der Waals surface area (Å²) in [6.45, 7) is 13.1. The van der Waals surface area contributed by atoms with E-state index in [0.717, 1.165) is 12.0 Å². The topological polar surface area (TPSA) is 15.3 Å². The van der Waals surface area contributed by atoms with E-state index in [4.69, 9.17) is 0 Å². The highest BCUT2D eigenvalue weighted by Gasteiger charge is 2.22. The zero-order valence-electron chi connectivity index (χ0n) is 13.0. The summed E-state index contributed by atoms with van der Waals surface area (Å²) in [4.78, 5) is 2.72. The molecule has 108 valence electrons. The molecule has 0 radical (unpaired) electrons. The molecule has 1 aliphatic heterocycles. The number of hydrogen-bond acceptors (Lipinski definition) is 2. The smallest absolute Gasteiger partial charge is 0.0218 e. The van der Waals surface area contributed by atoms with Gasteiger partial charge < -0.3 is 5.32 Å². The first-order valence-corrected chi connectivity index (χ1v) is 8.12. The molecule has 0 aliphatic carbocycles. The van der Waals surface area contributed by atoms with Gasteiger partial charge in [0.15, 0.2) is 0 Å². The van der Waals surface area contributed by atoms with E-state index in [1.165, 1.54) is 58.2 Å². The van der Waals surface area contributed by atoms with E-state index >= 15 is 0 Å². The molecule has 0 saturated carbocycles. The summed E-state index contributed by atoms with van der Waals surface area (Å²) >= 11 is 0. The second kappa shape index (κ2) is 8.92. The number of nitrogens with one attached hydrogen (secondary N) is 1. The number of rotatable bonds is 7. The maximum Gasteiger partial charge on any atom is 0.0218 e. The second-order valence-corrected chi connectivity index (χ2v) is 6.35. The molecule has 0 amide bonds. The van der Waals surface area contributed by atoms with Gasteiger partial charge in [0.05, 0.1) is 0 Å². The Hall–Kier alpha value is -0.0800. The lowest BCUT2D eigenvalue weighted by Gasteiger charge is -2.31. The van der Waals surface area contributed by atoms with Gasteiger partial charge in [0.1, 0.15) is 0 Å². The zero-order valence-corrected chi connectivity index (χ0v) is 13.0. The standard InChI is InChI=1S/C16H34N2/c1-5-6-7-8-10-15(4)18-12-9-11-17-16(13-18)14(2)3/h14-17H,5-13H2,1-4H3. The Kier molecular flexibility index (Phi) is 7.92. The Morgan fingerprint density at radius 2 is 1.94 bits per heavy atom. The first-order valence-electron chi connectivity index (χ1n) is 8.12. The Balaban J connectivity index is 2.32. The van der Waals surface area contributed by atoms with E-state index < -0.39 is 0 Å². The van der Waals surface area contributed by atoms with Gasteiger partial charge in [-0.2, -0.15) is 0 Å². The van der Waals surface area contributed by atoms with Gasteiger partial charge in [0.25, 0.3) is 0 Å². The molecular formula is C16H34N2. The predicted octanol–water partition coefficient (Wildman–Crippen LogP) is 3.67. The van der Waals surface area contributed by atoms with Crippen molar-refractivity contribution in [1.82, 2.24) is 10.2 Å². The molecule has 1 heterocycles. The molecule has 0 aromatic rings. The van der Waals surface area contributed by atoms with Crippen LogP contribution in [0.25, 0.3) is 0 Å². The van der Waals surface area contributed by atoms with E-state index in [1.54, 1.807) is 0 Å². The third kappa shape index (κ3) is 5.71. The van der Waals surface area contributed by atoms with E-state index in [-0.39, 0.29) is 0 Å². The molecule has 0 bridgehead atoms. The summed E-state index contributed by atoms with van der Waals surface area (Å²) < 4.78 is 0. The summed E-state index contributed by atoms with van der Waals surface area (Å²) in [5.41, 5.74) is 0. The highest BCUT2D eigenvalue weighted by molar-refractivity contribution is 4.81. The molecular weight excluding hydrogens is 220 g/mol. The van der Waals surface area contributed by atoms with E-state index in [9.17, 15) is 0 Å². The van der Waals surface area contributed by atoms with Crippen molar-refractivity contribution >= 4 is 0 Å². The molecule has 1 aliphatic rings. The lowest BCUT2D eigenvalue weighted by molar-refractivity contribution is 0.180. The first-order chi connectivity index (χ1) is 8.65. The van der Waals surface area contributed by atoms with Crippen molar-refractivity contribution in [3.63, 3.8) is 0 Å². The molecule has 2 heteroatoms. The van der Waals surface area contributed by atoms with Crippen molar-refractivity contribution in [2.75, 3.05) is 19.6 Å². The fourth-order valence-corrected chi connectivity index (χ4v) is 2.87. The number of nitrogens with zero attached hydrogens (tertiary/aromatic N) is 1. The molecule has 0 spiro atoms. The number of unbranched alkanes of at least 4 members (excludes halogenated alkanes) is 3. The molecule has 2 atom stereocenters. The normalized spacial score (nSPS) is 24.2. The van der Waals surface area contributed by atoms with Crippen molar-refractivity contribution in [3.8, 4) is 0 Å². The SMILES string of the molecule is CCCCCCC(C)N1CCCNC(C(C)C)C1. The average molecular weight is 254 g/mol. The predicted molar refractivity (Wildman–Crippen MR) is 81.0 cm³/mol.